The van der Waals surface area contributed by atoms with E-state index in [1.165, 1.54) is 5.56 Å². The second-order valence-corrected chi connectivity index (χ2v) is 3.79. The van der Waals surface area contributed by atoms with Gasteiger partial charge in [-0.25, -0.2) is 0 Å². The molecule has 3 nitrogen and oxygen atoms in total. The standard InChI is InChI=1S/C13H21NO2/c1-5-14-12(9-15-3)11-7-6-10(2)13(8-11)16-4/h6-8,12,14H,5,9H2,1-4H3. The maximum Gasteiger partial charge on any atom is 0.122 e. The zero-order valence-corrected chi connectivity index (χ0v) is 10.5. The van der Waals surface area contributed by atoms with Crippen LogP contribution < -0.4 is 10.1 Å². The van der Waals surface area contributed by atoms with Crippen molar-refractivity contribution in [2.75, 3.05) is 27.4 Å². The van der Waals surface area contributed by atoms with E-state index in [-0.39, 0.29) is 6.04 Å². The van der Waals surface area contributed by atoms with E-state index in [9.17, 15) is 0 Å². The molecule has 0 fully saturated rings. The molecule has 1 aromatic rings. The average Bonchev–Trinajstić information content (AvgIpc) is 2.29. The Bertz CT molecular complexity index is 320. The lowest BCUT2D eigenvalue weighted by Crippen LogP contribution is -2.24. The predicted molar refractivity (Wildman–Crippen MR) is 66.0 cm³/mol. The molecule has 1 N–H and O–H groups in total. The molecule has 1 atom stereocenters. The van der Waals surface area contributed by atoms with Crippen LogP contribution in [-0.4, -0.2) is 27.4 Å². The lowest BCUT2D eigenvalue weighted by atomic mass is 10.0. The number of aryl methyl sites for hydroxylation is 1. The van der Waals surface area contributed by atoms with Crippen LogP contribution in [0.4, 0.5) is 0 Å². The minimum absolute atomic E-state index is 0.226. The van der Waals surface area contributed by atoms with E-state index in [0.29, 0.717) is 6.61 Å². The largest absolute Gasteiger partial charge is 0.496 e. The summed E-state index contributed by atoms with van der Waals surface area (Å²) in [5.41, 5.74) is 2.35. The second kappa shape index (κ2) is 6.51. The number of benzene rings is 1. The Morgan fingerprint density at radius 2 is 2.06 bits per heavy atom. The van der Waals surface area contributed by atoms with Crippen molar-refractivity contribution in [2.24, 2.45) is 0 Å². The summed E-state index contributed by atoms with van der Waals surface area (Å²) in [5.74, 6) is 0.927. The van der Waals surface area contributed by atoms with Gasteiger partial charge in [0.2, 0.25) is 0 Å². The molecule has 90 valence electrons. The van der Waals surface area contributed by atoms with Gasteiger partial charge in [0.25, 0.3) is 0 Å². The molecule has 0 bridgehead atoms. The maximum absolute atomic E-state index is 5.32. The van der Waals surface area contributed by atoms with E-state index in [1.807, 2.05) is 6.92 Å². The van der Waals surface area contributed by atoms with Gasteiger partial charge in [-0.15, -0.1) is 0 Å². The molecule has 0 aromatic heterocycles. The summed E-state index contributed by atoms with van der Waals surface area (Å²) < 4.78 is 10.5. The van der Waals surface area contributed by atoms with Crippen LogP contribution in [0.25, 0.3) is 0 Å². The van der Waals surface area contributed by atoms with Gasteiger partial charge in [0.05, 0.1) is 19.8 Å². The molecule has 1 unspecified atom stereocenters. The van der Waals surface area contributed by atoms with Gasteiger partial charge in [0.1, 0.15) is 5.75 Å². The van der Waals surface area contributed by atoms with Gasteiger partial charge < -0.3 is 14.8 Å². The lowest BCUT2D eigenvalue weighted by molar-refractivity contribution is 0.167. The summed E-state index contributed by atoms with van der Waals surface area (Å²) in [4.78, 5) is 0. The van der Waals surface area contributed by atoms with Crippen molar-refractivity contribution in [1.29, 1.82) is 0 Å². The van der Waals surface area contributed by atoms with Gasteiger partial charge >= 0.3 is 0 Å². The highest BCUT2D eigenvalue weighted by Crippen LogP contribution is 2.23. The number of likely N-dealkylation sites (N-methyl/N-ethyl adjacent to an activating group) is 1. The quantitative estimate of drug-likeness (QED) is 0.802. The Morgan fingerprint density at radius 3 is 2.62 bits per heavy atom. The Kier molecular flexibility index (Phi) is 5.29. The van der Waals surface area contributed by atoms with Crippen LogP contribution >= 0.6 is 0 Å². The van der Waals surface area contributed by atoms with Gasteiger partial charge in [-0.3, -0.25) is 0 Å². The molecule has 0 aliphatic rings. The fraction of sp³-hybridized carbons (Fsp3) is 0.538. The third-order valence-corrected chi connectivity index (χ3v) is 2.62. The zero-order valence-electron chi connectivity index (χ0n) is 10.5. The number of hydrogen-bond donors (Lipinski definition) is 1. The summed E-state index contributed by atoms with van der Waals surface area (Å²) in [6.45, 7) is 5.72. The average molecular weight is 223 g/mol. The molecule has 3 heteroatoms. The topological polar surface area (TPSA) is 30.5 Å². The van der Waals surface area contributed by atoms with Gasteiger partial charge in [-0.05, 0) is 30.7 Å². The van der Waals surface area contributed by atoms with Crippen molar-refractivity contribution >= 4 is 0 Å². The van der Waals surface area contributed by atoms with Crippen LogP contribution in [0, 0.1) is 6.92 Å². The van der Waals surface area contributed by atoms with Crippen LogP contribution in [0.15, 0.2) is 18.2 Å². The van der Waals surface area contributed by atoms with Crippen LogP contribution in [-0.2, 0) is 4.74 Å². The van der Waals surface area contributed by atoms with Crippen molar-refractivity contribution in [1.82, 2.24) is 5.32 Å². The molecule has 0 saturated heterocycles. The summed E-state index contributed by atoms with van der Waals surface area (Å²) in [7, 11) is 3.42. The van der Waals surface area contributed by atoms with Crippen molar-refractivity contribution in [3.05, 3.63) is 29.3 Å². The summed E-state index contributed by atoms with van der Waals surface area (Å²) >= 11 is 0. The SMILES string of the molecule is CCNC(COC)c1ccc(C)c(OC)c1. The molecule has 0 aliphatic heterocycles. The number of hydrogen-bond acceptors (Lipinski definition) is 3. The number of methoxy groups -OCH3 is 2. The molecule has 0 heterocycles. The van der Waals surface area contributed by atoms with Gasteiger partial charge in [0, 0.05) is 7.11 Å². The molecule has 0 saturated carbocycles. The van der Waals surface area contributed by atoms with Gasteiger partial charge in [-0.1, -0.05) is 19.1 Å². The smallest absolute Gasteiger partial charge is 0.122 e. The lowest BCUT2D eigenvalue weighted by Gasteiger charge is -2.18. The van der Waals surface area contributed by atoms with Crippen LogP contribution in [0.2, 0.25) is 0 Å². The van der Waals surface area contributed by atoms with E-state index in [0.717, 1.165) is 17.9 Å². The van der Waals surface area contributed by atoms with Gasteiger partial charge in [-0.2, -0.15) is 0 Å². The van der Waals surface area contributed by atoms with E-state index < -0.39 is 0 Å². The fourth-order valence-electron chi connectivity index (χ4n) is 1.74. The Balaban J connectivity index is 2.90. The van der Waals surface area contributed by atoms with Crippen molar-refractivity contribution < 1.29 is 9.47 Å². The van der Waals surface area contributed by atoms with Crippen molar-refractivity contribution in [3.63, 3.8) is 0 Å². The Morgan fingerprint density at radius 1 is 1.31 bits per heavy atom. The molecule has 16 heavy (non-hydrogen) atoms. The Hall–Kier alpha value is -1.06. The third-order valence-electron chi connectivity index (χ3n) is 2.62. The zero-order chi connectivity index (χ0) is 12.0. The molecular weight excluding hydrogens is 202 g/mol. The first-order valence-corrected chi connectivity index (χ1v) is 5.59. The van der Waals surface area contributed by atoms with Crippen molar-refractivity contribution in [3.8, 4) is 5.75 Å². The van der Waals surface area contributed by atoms with E-state index in [2.05, 4.69) is 30.4 Å². The van der Waals surface area contributed by atoms with Crippen LogP contribution in [0.1, 0.15) is 24.1 Å². The first kappa shape index (κ1) is 13.0. The number of nitrogens with one attached hydrogen (secondary N) is 1. The second-order valence-electron chi connectivity index (χ2n) is 3.79. The molecule has 0 radical (unpaired) electrons. The summed E-state index contributed by atoms with van der Waals surface area (Å²) in [5, 5.41) is 3.39. The molecule has 1 rings (SSSR count). The number of rotatable bonds is 6. The summed E-state index contributed by atoms with van der Waals surface area (Å²) in [6.07, 6.45) is 0. The van der Waals surface area contributed by atoms with E-state index in [1.54, 1.807) is 14.2 Å². The van der Waals surface area contributed by atoms with Gasteiger partial charge in [0.15, 0.2) is 0 Å². The first-order valence-electron chi connectivity index (χ1n) is 5.59. The van der Waals surface area contributed by atoms with Crippen LogP contribution in [0.5, 0.6) is 5.75 Å². The summed E-state index contributed by atoms with van der Waals surface area (Å²) in [6, 6.07) is 6.49. The van der Waals surface area contributed by atoms with E-state index in [4.69, 9.17) is 9.47 Å². The normalized spacial score (nSPS) is 12.5. The molecule has 0 amide bonds. The highest BCUT2D eigenvalue weighted by atomic mass is 16.5. The Labute approximate surface area is 97.8 Å². The predicted octanol–water partition coefficient (Wildman–Crippen LogP) is 2.30. The maximum atomic E-state index is 5.32. The molecule has 0 spiro atoms. The van der Waals surface area contributed by atoms with Crippen molar-refractivity contribution in [2.45, 2.75) is 19.9 Å². The van der Waals surface area contributed by atoms with Crippen LogP contribution in [0.3, 0.4) is 0 Å². The molecule has 1 aromatic carbocycles. The monoisotopic (exact) mass is 223 g/mol. The highest BCUT2D eigenvalue weighted by molar-refractivity contribution is 5.37. The molecular formula is C13H21NO2. The highest BCUT2D eigenvalue weighted by Gasteiger charge is 2.11. The third kappa shape index (κ3) is 3.22. The first-order chi connectivity index (χ1) is 7.72. The number of ether oxygens (including phenoxy) is 2. The van der Waals surface area contributed by atoms with E-state index >= 15 is 0 Å². The minimum atomic E-state index is 0.226. The minimum Gasteiger partial charge on any atom is -0.496 e. The fourth-order valence-corrected chi connectivity index (χ4v) is 1.74. The molecule has 0 aliphatic carbocycles.